The fraction of sp³-hybridized carbons (Fsp3) is 0.250. The number of H-pyrrole nitrogens is 1. The van der Waals surface area contributed by atoms with Gasteiger partial charge in [-0.05, 0) is 41.6 Å². The second-order valence-electron chi connectivity index (χ2n) is 6.26. The number of nitrogens with one attached hydrogen (secondary N) is 1. The maximum absolute atomic E-state index is 5.60. The molecule has 2 aliphatic rings. The summed E-state index contributed by atoms with van der Waals surface area (Å²) >= 11 is 0. The monoisotopic (exact) mass is 336 g/mol. The van der Waals surface area contributed by atoms with Crippen LogP contribution >= 0.6 is 0 Å². The van der Waals surface area contributed by atoms with E-state index in [2.05, 4.69) is 36.2 Å². The number of aromatic nitrogens is 1. The van der Waals surface area contributed by atoms with E-state index in [4.69, 9.17) is 18.9 Å². The van der Waals surface area contributed by atoms with Crippen molar-refractivity contribution in [3.8, 4) is 34.3 Å². The summed E-state index contributed by atoms with van der Waals surface area (Å²) in [5.74, 6) is 3.23. The van der Waals surface area contributed by atoms with E-state index in [9.17, 15) is 0 Å². The average Bonchev–Trinajstić information content (AvgIpc) is 3.29. The van der Waals surface area contributed by atoms with Gasteiger partial charge in [0.25, 0.3) is 0 Å². The molecule has 0 unspecified atom stereocenters. The molecule has 0 saturated carbocycles. The Bertz CT molecular complexity index is 983. The lowest BCUT2D eigenvalue weighted by atomic mass is 9.98. The molecule has 0 bridgehead atoms. The van der Waals surface area contributed by atoms with Crippen LogP contribution < -0.4 is 23.9 Å². The number of aryl methyl sites for hydroxylation is 1. The molecule has 0 amide bonds. The summed E-state index contributed by atoms with van der Waals surface area (Å²) in [5.41, 5.74) is 3.45. The number of pyridine rings is 1. The van der Waals surface area contributed by atoms with Crippen molar-refractivity contribution >= 4 is 10.8 Å². The van der Waals surface area contributed by atoms with Gasteiger partial charge in [0.15, 0.2) is 29.2 Å². The first-order chi connectivity index (χ1) is 12.3. The summed E-state index contributed by atoms with van der Waals surface area (Å²) in [6.45, 7) is 2.74. The highest BCUT2D eigenvalue weighted by Crippen LogP contribution is 2.41. The van der Waals surface area contributed by atoms with Crippen LogP contribution in [0.25, 0.3) is 22.0 Å². The van der Waals surface area contributed by atoms with E-state index in [-0.39, 0.29) is 13.6 Å². The first-order valence-corrected chi connectivity index (χ1v) is 8.50. The zero-order valence-corrected chi connectivity index (χ0v) is 13.9. The number of hydrogen-bond donors (Lipinski definition) is 0. The first-order valence-electron chi connectivity index (χ1n) is 8.50. The Morgan fingerprint density at radius 1 is 0.920 bits per heavy atom. The van der Waals surface area contributed by atoms with Crippen molar-refractivity contribution in [1.82, 2.24) is 0 Å². The third-order valence-electron chi connectivity index (χ3n) is 4.69. The Morgan fingerprint density at radius 2 is 1.72 bits per heavy atom. The lowest BCUT2D eigenvalue weighted by Gasteiger charge is -2.08. The van der Waals surface area contributed by atoms with Crippen LogP contribution in [0.15, 0.2) is 36.5 Å². The maximum atomic E-state index is 5.60. The Labute approximate surface area is 145 Å². The number of fused-ring (bicyclic) bond motifs is 4. The highest BCUT2D eigenvalue weighted by Gasteiger charge is 2.23. The molecule has 5 nitrogen and oxygen atoms in total. The Balaban J connectivity index is 1.67. The van der Waals surface area contributed by atoms with Crippen molar-refractivity contribution in [3.63, 3.8) is 0 Å². The van der Waals surface area contributed by atoms with Gasteiger partial charge in [-0.15, -0.1) is 0 Å². The highest BCUT2D eigenvalue weighted by atomic mass is 16.7. The fourth-order valence-corrected chi connectivity index (χ4v) is 3.50. The van der Waals surface area contributed by atoms with E-state index >= 15 is 0 Å². The van der Waals surface area contributed by atoms with E-state index in [1.165, 1.54) is 5.56 Å². The van der Waals surface area contributed by atoms with Gasteiger partial charge >= 0.3 is 0 Å². The Hall–Kier alpha value is -2.95. The van der Waals surface area contributed by atoms with Gasteiger partial charge in [0.05, 0.1) is 10.9 Å². The second-order valence-corrected chi connectivity index (χ2v) is 6.26. The zero-order chi connectivity index (χ0) is 16.8. The van der Waals surface area contributed by atoms with Crippen molar-refractivity contribution in [2.24, 2.45) is 0 Å². The molecule has 1 aromatic heterocycles. The van der Waals surface area contributed by atoms with Gasteiger partial charge < -0.3 is 18.9 Å². The van der Waals surface area contributed by atoms with Crippen LogP contribution in [0, 0.1) is 0 Å². The molecule has 0 spiro atoms. The van der Waals surface area contributed by atoms with Crippen molar-refractivity contribution in [2.45, 2.75) is 19.8 Å². The molecule has 2 aromatic carbocycles. The van der Waals surface area contributed by atoms with Gasteiger partial charge in [-0.2, -0.15) is 0 Å². The third kappa shape index (κ3) is 2.27. The van der Waals surface area contributed by atoms with Crippen molar-refractivity contribution in [1.29, 1.82) is 0 Å². The molecular weight excluding hydrogens is 318 g/mol. The van der Waals surface area contributed by atoms with Crippen LogP contribution in [0.5, 0.6) is 23.0 Å². The number of aromatic amines is 1. The summed E-state index contributed by atoms with van der Waals surface area (Å²) < 4.78 is 22.2. The van der Waals surface area contributed by atoms with Gasteiger partial charge in [-0.1, -0.05) is 13.3 Å². The molecule has 126 valence electrons. The smallest absolute Gasteiger partial charge is 0.231 e. The summed E-state index contributed by atoms with van der Waals surface area (Å²) in [6, 6.07) is 10.3. The van der Waals surface area contributed by atoms with E-state index in [0.717, 1.165) is 57.9 Å². The normalized spacial score (nSPS) is 14.3. The molecular formula is C20H18NO4+. The molecule has 0 radical (unpaired) electrons. The van der Waals surface area contributed by atoms with Gasteiger partial charge in [0.2, 0.25) is 19.3 Å². The molecule has 5 heteroatoms. The highest BCUT2D eigenvalue weighted by molar-refractivity contribution is 5.91. The summed E-state index contributed by atoms with van der Waals surface area (Å²) in [5, 5.41) is 2.13. The van der Waals surface area contributed by atoms with E-state index in [1.54, 1.807) is 0 Å². The quantitative estimate of drug-likeness (QED) is 0.731. The molecule has 1 N–H and O–H groups in total. The zero-order valence-electron chi connectivity index (χ0n) is 13.9. The number of benzene rings is 2. The predicted molar refractivity (Wildman–Crippen MR) is 92.2 cm³/mol. The van der Waals surface area contributed by atoms with Gasteiger partial charge in [0.1, 0.15) is 0 Å². The largest absolute Gasteiger partial charge is 0.454 e. The fourth-order valence-electron chi connectivity index (χ4n) is 3.50. The molecule has 25 heavy (non-hydrogen) atoms. The minimum Gasteiger partial charge on any atom is -0.454 e. The number of ether oxygens (including phenoxy) is 4. The molecule has 0 fully saturated rings. The molecule has 3 heterocycles. The van der Waals surface area contributed by atoms with Crippen molar-refractivity contribution in [2.75, 3.05) is 13.6 Å². The molecule has 0 saturated heterocycles. The van der Waals surface area contributed by atoms with Crippen LogP contribution in [0.2, 0.25) is 0 Å². The second kappa shape index (κ2) is 5.55. The molecule has 5 rings (SSSR count). The van der Waals surface area contributed by atoms with Crippen LogP contribution in [0.4, 0.5) is 0 Å². The van der Waals surface area contributed by atoms with Gasteiger partial charge in [0, 0.05) is 6.07 Å². The molecule has 3 aromatic rings. The number of hydrogen-bond acceptors (Lipinski definition) is 4. The molecule has 0 aliphatic carbocycles. The third-order valence-corrected chi connectivity index (χ3v) is 4.69. The first kappa shape index (κ1) is 14.4. The summed E-state index contributed by atoms with van der Waals surface area (Å²) in [6.07, 6.45) is 4.04. The van der Waals surface area contributed by atoms with Gasteiger partial charge in [-0.25, -0.2) is 4.98 Å². The lowest BCUT2D eigenvalue weighted by molar-refractivity contribution is -0.362. The van der Waals surface area contributed by atoms with Crippen molar-refractivity contribution in [3.05, 3.63) is 42.1 Å². The molecule has 2 aliphatic heterocycles. The lowest BCUT2D eigenvalue weighted by Crippen LogP contribution is -2.07. The van der Waals surface area contributed by atoms with Crippen LogP contribution in [-0.4, -0.2) is 13.6 Å². The summed E-state index contributed by atoms with van der Waals surface area (Å²) in [7, 11) is 0. The van der Waals surface area contributed by atoms with Crippen LogP contribution in [-0.2, 0) is 6.42 Å². The average molecular weight is 336 g/mol. The van der Waals surface area contributed by atoms with Crippen molar-refractivity contribution < 1.29 is 23.9 Å². The maximum Gasteiger partial charge on any atom is 0.231 e. The SMILES string of the molecule is CCCc1cc2c(cc1-c1cc3ccc4c(c3c[nH+]1)OCO4)OCO2. The van der Waals surface area contributed by atoms with Crippen LogP contribution in [0.3, 0.4) is 0 Å². The summed E-state index contributed by atoms with van der Waals surface area (Å²) in [4.78, 5) is 3.42. The van der Waals surface area contributed by atoms with E-state index in [1.807, 2.05) is 12.3 Å². The predicted octanol–water partition coefficient (Wildman–Crippen LogP) is 3.73. The number of rotatable bonds is 3. The van der Waals surface area contributed by atoms with E-state index < -0.39 is 0 Å². The Morgan fingerprint density at radius 3 is 2.60 bits per heavy atom. The standard InChI is InChI=1S/C20H17NO4/c1-2-3-12-7-18-19(24-10-23-18)8-14(12)16-6-13-4-5-17-20(25-11-22-17)15(13)9-21-16/h4-9H,2-3,10-11H2,1H3/p+1. The van der Waals surface area contributed by atoms with E-state index in [0.29, 0.717) is 0 Å². The van der Waals surface area contributed by atoms with Gasteiger partial charge in [-0.3, -0.25) is 0 Å². The minimum atomic E-state index is 0.277. The van der Waals surface area contributed by atoms with Crippen LogP contribution in [0.1, 0.15) is 18.9 Å². The Kier molecular flexibility index (Phi) is 3.20. The molecule has 0 atom stereocenters. The minimum absolute atomic E-state index is 0.277. The topological polar surface area (TPSA) is 51.1 Å².